The molecular formula is C14H14F2N2O4. The number of aromatic nitrogens is 1. The van der Waals surface area contributed by atoms with Crippen LogP contribution in [0.5, 0.6) is 5.88 Å². The fraction of sp³-hybridized carbons (Fsp3) is 0.286. The molecule has 2 aromatic heterocycles. The van der Waals surface area contributed by atoms with Gasteiger partial charge in [0, 0.05) is 6.07 Å². The molecule has 0 saturated carbocycles. The van der Waals surface area contributed by atoms with Gasteiger partial charge in [0.1, 0.15) is 17.5 Å². The van der Waals surface area contributed by atoms with Crippen LogP contribution in [0.3, 0.4) is 0 Å². The molecule has 1 amide bonds. The number of aliphatic hydroxyl groups excluding tert-OH is 1. The summed E-state index contributed by atoms with van der Waals surface area (Å²) in [4.78, 5) is 15.9. The number of aliphatic hydroxyl groups is 1. The summed E-state index contributed by atoms with van der Waals surface area (Å²) >= 11 is 0. The van der Waals surface area contributed by atoms with E-state index in [1.165, 1.54) is 24.5 Å². The number of carbonyl (C=O) groups excluding carboxylic acids is 1. The number of nitrogens with zero attached hydrogens (tertiary/aromatic N) is 1. The molecule has 0 aromatic carbocycles. The van der Waals surface area contributed by atoms with Crippen molar-refractivity contribution in [2.24, 2.45) is 0 Å². The van der Waals surface area contributed by atoms with Gasteiger partial charge in [0.2, 0.25) is 5.88 Å². The molecule has 0 radical (unpaired) electrons. The predicted molar refractivity (Wildman–Crippen MR) is 71.7 cm³/mol. The summed E-state index contributed by atoms with van der Waals surface area (Å²) in [6.07, 6.45) is -1.21. The van der Waals surface area contributed by atoms with Gasteiger partial charge in [-0.25, -0.2) is 13.8 Å². The number of amides is 1. The van der Waals surface area contributed by atoms with E-state index in [0.29, 0.717) is 5.76 Å². The molecule has 2 aromatic rings. The summed E-state index contributed by atoms with van der Waals surface area (Å²) in [6, 6.07) is 6.74. The monoisotopic (exact) mass is 312 g/mol. The molecule has 0 spiro atoms. The third-order valence-electron chi connectivity index (χ3n) is 2.69. The fourth-order valence-electron chi connectivity index (χ4n) is 1.70. The van der Waals surface area contributed by atoms with Gasteiger partial charge in [-0.2, -0.15) is 0 Å². The number of nitrogens with one attached hydrogen (secondary N) is 1. The van der Waals surface area contributed by atoms with E-state index in [0.717, 1.165) is 0 Å². The van der Waals surface area contributed by atoms with Gasteiger partial charge in [0.25, 0.3) is 12.3 Å². The van der Waals surface area contributed by atoms with Crippen molar-refractivity contribution in [1.29, 1.82) is 0 Å². The highest BCUT2D eigenvalue weighted by molar-refractivity contribution is 5.92. The number of furan rings is 1. The number of halogens is 2. The van der Waals surface area contributed by atoms with Crippen LogP contribution in [0.4, 0.5) is 8.78 Å². The van der Waals surface area contributed by atoms with Crippen molar-refractivity contribution in [2.75, 3.05) is 13.2 Å². The van der Waals surface area contributed by atoms with E-state index >= 15 is 0 Å². The Morgan fingerprint density at radius 3 is 2.82 bits per heavy atom. The average Bonchev–Trinajstić information content (AvgIpc) is 3.05. The van der Waals surface area contributed by atoms with Gasteiger partial charge in [-0.15, -0.1) is 0 Å². The number of rotatable bonds is 7. The second kappa shape index (κ2) is 7.51. The Hall–Kier alpha value is -2.48. The maximum absolute atomic E-state index is 12.1. The normalized spacial score (nSPS) is 12.2. The van der Waals surface area contributed by atoms with Crippen LogP contribution >= 0.6 is 0 Å². The van der Waals surface area contributed by atoms with Gasteiger partial charge in [-0.3, -0.25) is 4.79 Å². The van der Waals surface area contributed by atoms with Crippen molar-refractivity contribution in [1.82, 2.24) is 10.3 Å². The van der Waals surface area contributed by atoms with Crippen molar-refractivity contribution >= 4 is 5.91 Å². The lowest BCUT2D eigenvalue weighted by Gasteiger charge is -2.14. The van der Waals surface area contributed by atoms with Crippen molar-refractivity contribution in [3.63, 3.8) is 0 Å². The van der Waals surface area contributed by atoms with Gasteiger partial charge < -0.3 is 19.6 Å². The van der Waals surface area contributed by atoms with Crippen LogP contribution in [0.25, 0.3) is 0 Å². The standard InChI is InChI=1S/C14H14F2N2O4/c15-12(16)8-22-13-5-1-3-9(17-13)14(20)18-10(7-19)11-4-2-6-21-11/h1-6,10,12,19H,7-8H2,(H,18,20). The molecule has 8 heteroatoms. The van der Waals surface area contributed by atoms with Gasteiger partial charge in [-0.05, 0) is 18.2 Å². The number of alkyl halides is 2. The van der Waals surface area contributed by atoms with Crippen molar-refractivity contribution in [3.8, 4) is 5.88 Å². The van der Waals surface area contributed by atoms with Crippen LogP contribution in [-0.2, 0) is 0 Å². The maximum atomic E-state index is 12.1. The Balaban J connectivity index is 2.04. The Morgan fingerprint density at radius 2 is 2.18 bits per heavy atom. The predicted octanol–water partition coefficient (Wildman–Crippen LogP) is 1.78. The van der Waals surface area contributed by atoms with E-state index in [1.807, 2.05) is 0 Å². The zero-order valence-electron chi connectivity index (χ0n) is 11.4. The largest absolute Gasteiger partial charge is 0.472 e. The van der Waals surface area contributed by atoms with Gasteiger partial charge >= 0.3 is 0 Å². The Morgan fingerprint density at radius 1 is 1.36 bits per heavy atom. The molecule has 2 rings (SSSR count). The highest BCUT2D eigenvalue weighted by Crippen LogP contribution is 2.14. The zero-order valence-corrected chi connectivity index (χ0v) is 11.4. The number of carbonyl (C=O) groups is 1. The molecule has 2 heterocycles. The smallest absolute Gasteiger partial charge is 0.272 e. The Bertz CT molecular complexity index is 605. The van der Waals surface area contributed by atoms with Gasteiger partial charge in [0.05, 0.1) is 12.9 Å². The molecule has 0 aliphatic heterocycles. The molecule has 1 unspecified atom stereocenters. The Kier molecular flexibility index (Phi) is 5.42. The lowest BCUT2D eigenvalue weighted by molar-refractivity contribution is 0.0791. The number of hydrogen-bond donors (Lipinski definition) is 2. The van der Waals surface area contributed by atoms with Crippen LogP contribution in [0.1, 0.15) is 22.3 Å². The molecule has 0 saturated heterocycles. The molecule has 1 atom stereocenters. The van der Waals surface area contributed by atoms with Crippen molar-refractivity contribution in [2.45, 2.75) is 12.5 Å². The molecule has 0 aliphatic carbocycles. The van der Waals surface area contributed by atoms with Crippen LogP contribution in [-0.4, -0.2) is 35.6 Å². The first-order chi connectivity index (χ1) is 10.6. The molecule has 0 aliphatic rings. The maximum Gasteiger partial charge on any atom is 0.272 e. The third kappa shape index (κ3) is 4.26. The second-order valence-electron chi connectivity index (χ2n) is 4.29. The lowest BCUT2D eigenvalue weighted by Crippen LogP contribution is -2.31. The number of ether oxygens (including phenoxy) is 1. The van der Waals surface area contributed by atoms with Gasteiger partial charge in [-0.1, -0.05) is 6.07 Å². The fourth-order valence-corrected chi connectivity index (χ4v) is 1.70. The molecule has 118 valence electrons. The quantitative estimate of drug-likeness (QED) is 0.814. The van der Waals surface area contributed by atoms with Crippen molar-refractivity contribution < 1.29 is 27.8 Å². The van der Waals surface area contributed by atoms with E-state index in [1.54, 1.807) is 12.1 Å². The van der Waals surface area contributed by atoms with E-state index in [4.69, 9.17) is 9.15 Å². The summed E-state index contributed by atoms with van der Waals surface area (Å²) in [5.41, 5.74) is -0.0169. The highest BCUT2D eigenvalue weighted by Gasteiger charge is 2.18. The summed E-state index contributed by atoms with van der Waals surface area (Å²) < 4.78 is 34.0. The lowest BCUT2D eigenvalue weighted by atomic mass is 10.2. The van der Waals surface area contributed by atoms with Crippen LogP contribution < -0.4 is 10.1 Å². The second-order valence-corrected chi connectivity index (χ2v) is 4.29. The minimum absolute atomic E-state index is 0.0169. The minimum atomic E-state index is -2.63. The van der Waals surface area contributed by atoms with E-state index in [-0.39, 0.29) is 18.2 Å². The number of pyridine rings is 1. The van der Waals surface area contributed by atoms with E-state index < -0.39 is 25.0 Å². The van der Waals surface area contributed by atoms with E-state index in [2.05, 4.69) is 10.3 Å². The van der Waals surface area contributed by atoms with Crippen molar-refractivity contribution in [3.05, 3.63) is 48.0 Å². The molecule has 0 fully saturated rings. The summed E-state index contributed by atoms with van der Waals surface area (Å²) in [5.74, 6) is -0.273. The summed E-state index contributed by atoms with van der Waals surface area (Å²) in [6.45, 7) is -1.16. The highest BCUT2D eigenvalue weighted by atomic mass is 19.3. The van der Waals surface area contributed by atoms with Crippen LogP contribution in [0, 0.1) is 0 Å². The van der Waals surface area contributed by atoms with Crippen LogP contribution in [0.15, 0.2) is 41.0 Å². The Labute approximate surface area is 124 Å². The SMILES string of the molecule is O=C(NC(CO)c1ccco1)c1cccc(OCC(F)F)n1. The minimum Gasteiger partial charge on any atom is -0.472 e. The first-order valence-electron chi connectivity index (χ1n) is 6.43. The zero-order chi connectivity index (χ0) is 15.9. The molecular weight excluding hydrogens is 298 g/mol. The summed E-state index contributed by atoms with van der Waals surface area (Å²) in [7, 11) is 0. The molecule has 22 heavy (non-hydrogen) atoms. The third-order valence-corrected chi connectivity index (χ3v) is 2.69. The summed E-state index contributed by atoms with van der Waals surface area (Å²) in [5, 5.41) is 11.8. The first kappa shape index (κ1) is 15.9. The molecule has 6 nitrogen and oxygen atoms in total. The molecule has 2 N–H and O–H groups in total. The van der Waals surface area contributed by atoms with Gasteiger partial charge in [0.15, 0.2) is 6.61 Å². The number of hydrogen-bond acceptors (Lipinski definition) is 5. The van der Waals surface area contributed by atoms with Crippen LogP contribution in [0.2, 0.25) is 0 Å². The average molecular weight is 312 g/mol. The molecule has 0 bridgehead atoms. The van der Waals surface area contributed by atoms with E-state index in [9.17, 15) is 18.7 Å². The first-order valence-corrected chi connectivity index (χ1v) is 6.43. The topological polar surface area (TPSA) is 84.6 Å².